The summed E-state index contributed by atoms with van der Waals surface area (Å²) < 4.78 is 23.7. The number of benzene rings is 1. The Hall–Kier alpha value is -0.870. The van der Waals surface area contributed by atoms with Crippen LogP contribution < -0.4 is 5.32 Å². The van der Waals surface area contributed by atoms with Gasteiger partial charge in [-0.25, -0.2) is 8.42 Å². The number of fused-ring (bicyclic) bond motifs is 1. The summed E-state index contributed by atoms with van der Waals surface area (Å²) in [5.74, 6) is 0.399. The summed E-state index contributed by atoms with van der Waals surface area (Å²) >= 11 is 0. The van der Waals surface area contributed by atoms with E-state index >= 15 is 0 Å². The molecule has 0 radical (unpaired) electrons. The van der Waals surface area contributed by atoms with Crippen molar-refractivity contribution in [3.63, 3.8) is 0 Å². The monoisotopic (exact) mass is 239 g/mol. The van der Waals surface area contributed by atoms with Gasteiger partial charge in [0.1, 0.15) is 0 Å². The summed E-state index contributed by atoms with van der Waals surface area (Å²) in [6, 6.07) is 5.84. The van der Waals surface area contributed by atoms with Crippen molar-refractivity contribution >= 4 is 9.84 Å². The minimum atomic E-state index is -3.02. The minimum absolute atomic E-state index is 0.137. The van der Waals surface area contributed by atoms with Crippen molar-refractivity contribution < 1.29 is 8.42 Å². The van der Waals surface area contributed by atoms with Gasteiger partial charge < -0.3 is 5.32 Å². The molecular formula is C12H17NO2S. The van der Waals surface area contributed by atoms with Crippen molar-refractivity contribution in [3.8, 4) is 0 Å². The Morgan fingerprint density at radius 1 is 1.44 bits per heavy atom. The first kappa shape index (κ1) is 11.6. The fraction of sp³-hybridized carbons (Fsp3) is 0.500. The van der Waals surface area contributed by atoms with E-state index in [0.717, 1.165) is 24.1 Å². The molecule has 0 fully saturated rings. The molecule has 4 heteroatoms. The summed E-state index contributed by atoms with van der Waals surface area (Å²) in [5.41, 5.74) is 2.07. The molecule has 0 bridgehead atoms. The number of hydrogen-bond acceptors (Lipinski definition) is 3. The molecule has 1 atom stereocenters. The van der Waals surface area contributed by atoms with Crippen LogP contribution in [-0.4, -0.2) is 27.8 Å². The molecule has 16 heavy (non-hydrogen) atoms. The second kappa shape index (κ2) is 4.18. The quantitative estimate of drug-likeness (QED) is 0.866. The maximum Gasteiger partial charge on any atom is 0.179 e. The van der Waals surface area contributed by atoms with Crippen molar-refractivity contribution in [2.24, 2.45) is 0 Å². The summed E-state index contributed by atoms with van der Waals surface area (Å²) in [7, 11) is -1.13. The lowest BCUT2D eigenvalue weighted by Gasteiger charge is -2.05. The zero-order chi connectivity index (χ0) is 11.8. The zero-order valence-corrected chi connectivity index (χ0v) is 10.5. The molecule has 0 amide bonds. The fourth-order valence-corrected chi connectivity index (χ4v) is 4.17. The smallest absolute Gasteiger partial charge is 0.179 e. The SMILES string of the molecule is CNCCc1ccc2c(c1)S(=O)(=O)CC2C. The maximum atomic E-state index is 11.9. The number of hydrogen-bond donors (Lipinski definition) is 1. The molecule has 0 spiro atoms. The highest BCUT2D eigenvalue weighted by molar-refractivity contribution is 7.91. The van der Waals surface area contributed by atoms with E-state index in [4.69, 9.17) is 0 Å². The van der Waals surface area contributed by atoms with Gasteiger partial charge in [0.15, 0.2) is 9.84 Å². The van der Waals surface area contributed by atoms with Gasteiger partial charge in [0.25, 0.3) is 0 Å². The Morgan fingerprint density at radius 2 is 2.19 bits per heavy atom. The first-order valence-corrected chi connectivity index (χ1v) is 7.20. The molecule has 1 aliphatic rings. The molecular weight excluding hydrogens is 222 g/mol. The van der Waals surface area contributed by atoms with Crippen LogP contribution in [-0.2, 0) is 16.3 Å². The molecule has 0 saturated heterocycles. The van der Waals surface area contributed by atoms with Crippen LogP contribution in [0.2, 0.25) is 0 Å². The van der Waals surface area contributed by atoms with Crippen LogP contribution in [0.5, 0.6) is 0 Å². The number of likely N-dealkylation sites (N-methyl/N-ethyl adjacent to an activating group) is 1. The van der Waals surface area contributed by atoms with Crippen molar-refractivity contribution in [1.82, 2.24) is 5.32 Å². The lowest BCUT2D eigenvalue weighted by molar-refractivity contribution is 0.598. The van der Waals surface area contributed by atoms with Gasteiger partial charge in [-0.05, 0) is 43.1 Å². The molecule has 1 aromatic rings. The van der Waals surface area contributed by atoms with Gasteiger partial charge in [-0.2, -0.15) is 0 Å². The predicted molar refractivity (Wildman–Crippen MR) is 64.5 cm³/mol. The van der Waals surface area contributed by atoms with E-state index in [0.29, 0.717) is 4.90 Å². The van der Waals surface area contributed by atoms with Crippen LogP contribution in [0.25, 0.3) is 0 Å². The van der Waals surface area contributed by atoms with Gasteiger partial charge in [-0.3, -0.25) is 0 Å². The van der Waals surface area contributed by atoms with Crippen LogP contribution >= 0.6 is 0 Å². The molecule has 1 aliphatic heterocycles. The van der Waals surface area contributed by atoms with Gasteiger partial charge in [0.2, 0.25) is 0 Å². The topological polar surface area (TPSA) is 46.2 Å². The molecule has 1 unspecified atom stereocenters. The van der Waals surface area contributed by atoms with Gasteiger partial charge in [-0.1, -0.05) is 19.1 Å². The Bertz CT molecular complexity index is 494. The van der Waals surface area contributed by atoms with E-state index in [1.165, 1.54) is 0 Å². The second-order valence-corrected chi connectivity index (χ2v) is 6.41. The highest BCUT2D eigenvalue weighted by atomic mass is 32.2. The molecule has 3 nitrogen and oxygen atoms in total. The molecule has 0 aromatic heterocycles. The van der Waals surface area contributed by atoms with Crippen molar-refractivity contribution in [1.29, 1.82) is 0 Å². The fourth-order valence-electron chi connectivity index (χ4n) is 2.19. The van der Waals surface area contributed by atoms with E-state index < -0.39 is 9.84 Å². The summed E-state index contributed by atoms with van der Waals surface area (Å²) in [5, 5.41) is 3.06. The molecule has 0 saturated carbocycles. The van der Waals surface area contributed by atoms with Crippen LogP contribution in [0, 0.1) is 0 Å². The molecule has 1 N–H and O–H groups in total. The third-order valence-electron chi connectivity index (χ3n) is 3.08. The van der Waals surface area contributed by atoms with Crippen LogP contribution in [0.15, 0.2) is 23.1 Å². The highest BCUT2D eigenvalue weighted by Gasteiger charge is 2.31. The van der Waals surface area contributed by atoms with Gasteiger partial charge in [0.05, 0.1) is 10.6 Å². The molecule has 1 aromatic carbocycles. The number of rotatable bonds is 3. The Morgan fingerprint density at radius 3 is 2.88 bits per heavy atom. The molecule has 1 heterocycles. The molecule has 88 valence electrons. The summed E-state index contributed by atoms with van der Waals surface area (Å²) in [6.45, 7) is 2.84. The average Bonchev–Trinajstić information content (AvgIpc) is 2.47. The van der Waals surface area contributed by atoms with Crippen LogP contribution in [0.4, 0.5) is 0 Å². The first-order chi connectivity index (χ1) is 7.54. The standard InChI is InChI=1S/C12H17NO2S/c1-9-8-16(14,15)12-7-10(5-6-13-2)3-4-11(9)12/h3-4,7,9,13H,5-6,8H2,1-2H3. The highest BCUT2D eigenvalue weighted by Crippen LogP contribution is 2.35. The summed E-state index contributed by atoms with van der Waals surface area (Å²) in [6.07, 6.45) is 0.869. The van der Waals surface area contributed by atoms with Gasteiger partial charge in [-0.15, -0.1) is 0 Å². The zero-order valence-electron chi connectivity index (χ0n) is 9.66. The number of sulfone groups is 1. The number of nitrogens with one attached hydrogen (secondary N) is 1. The first-order valence-electron chi connectivity index (χ1n) is 5.55. The molecule has 2 rings (SSSR count). The lowest BCUT2D eigenvalue weighted by atomic mass is 10.0. The predicted octanol–water partition coefficient (Wildman–Crippen LogP) is 1.34. The van der Waals surface area contributed by atoms with Crippen molar-refractivity contribution in [3.05, 3.63) is 29.3 Å². The minimum Gasteiger partial charge on any atom is -0.319 e. The maximum absolute atomic E-state index is 11.9. The normalized spacial score (nSPS) is 22.0. The Labute approximate surface area is 96.8 Å². The van der Waals surface area contributed by atoms with Crippen molar-refractivity contribution in [2.75, 3.05) is 19.3 Å². The summed E-state index contributed by atoms with van der Waals surface area (Å²) in [4.78, 5) is 0.550. The third kappa shape index (κ3) is 1.99. The van der Waals surface area contributed by atoms with Gasteiger partial charge >= 0.3 is 0 Å². The van der Waals surface area contributed by atoms with Gasteiger partial charge in [0, 0.05) is 0 Å². The van der Waals surface area contributed by atoms with Crippen LogP contribution in [0.1, 0.15) is 24.0 Å². The van der Waals surface area contributed by atoms with Crippen LogP contribution in [0.3, 0.4) is 0 Å². The Balaban J connectivity index is 2.39. The third-order valence-corrected chi connectivity index (χ3v) is 5.04. The van der Waals surface area contributed by atoms with E-state index in [1.807, 2.05) is 32.2 Å². The average molecular weight is 239 g/mol. The van der Waals surface area contributed by atoms with E-state index in [2.05, 4.69) is 5.32 Å². The van der Waals surface area contributed by atoms with Crippen molar-refractivity contribution in [2.45, 2.75) is 24.2 Å². The van der Waals surface area contributed by atoms with E-state index in [1.54, 1.807) is 0 Å². The lowest BCUT2D eigenvalue weighted by Crippen LogP contribution is -2.10. The largest absolute Gasteiger partial charge is 0.319 e. The van der Waals surface area contributed by atoms with E-state index in [-0.39, 0.29) is 11.7 Å². The molecule has 0 aliphatic carbocycles. The Kier molecular flexibility index (Phi) is 3.04. The second-order valence-electron chi connectivity index (χ2n) is 4.41. The van der Waals surface area contributed by atoms with E-state index in [9.17, 15) is 8.42 Å².